The van der Waals surface area contributed by atoms with E-state index in [0.29, 0.717) is 28.2 Å². The molecule has 0 saturated heterocycles. The summed E-state index contributed by atoms with van der Waals surface area (Å²) in [6, 6.07) is 8.88. The summed E-state index contributed by atoms with van der Waals surface area (Å²) in [5.41, 5.74) is 1.42. The van der Waals surface area contributed by atoms with Gasteiger partial charge in [-0.2, -0.15) is 0 Å². The van der Waals surface area contributed by atoms with Crippen LogP contribution in [0.2, 0.25) is 10.2 Å². The van der Waals surface area contributed by atoms with E-state index in [1.54, 1.807) is 24.4 Å². The van der Waals surface area contributed by atoms with E-state index in [0.717, 1.165) is 11.3 Å². The first-order valence-electron chi connectivity index (χ1n) is 9.28. The first kappa shape index (κ1) is 22.4. The summed E-state index contributed by atoms with van der Waals surface area (Å²) in [6.45, 7) is 6.49. The quantitative estimate of drug-likeness (QED) is 0.364. The minimum absolute atomic E-state index is 0.162. The number of nitrogens with zero attached hydrogens (tertiary/aromatic N) is 4. The number of hydrogen-bond donors (Lipinski definition) is 1. The van der Waals surface area contributed by atoms with Crippen molar-refractivity contribution in [3.63, 3.8) is 0 Å². The Balaban J connectivity index is 1.66. The number of rotatable bonds is 8. The predicted octanol–water partition coefficient (Wildman–Crippen LogP) is 5.18. The molecule has 1 N–H and O–H groups in total. The highest BCUT2D eigenvalue weighted by molar-refractivity contribution is 7.99. The van der Waals surface area contributed by atoms with Gasteiger partial charge in [0.15, 0.2) is 22.2 Å². The zero-order chi connectivity index (χ0) is 21.7. The molecule has 0 spiro atoms. The standard InChI is InChI=1S/C20H21Cl2N5O2S/c1-4-27-19(13(3)29-16-8-7-14(21)10-12(16)2)25-26-20(27)30-11-17(28)24-15-6-5-9-23-18(15)22/h5-10,13H,4,11H2,1-3H3,(H,24,28). The second-order valence-electron chi connectivity index (χ2n) is 6.43. The van der Waals surface area contributed by atoms with Crippen molar-refractivity contribution < 1.29 is 9.53 Å². The minimum atomic E-state index is -0.324. The number of pyridine rings is 1. The number of anilines is 1. The second-order valence-corrected chi connectivity index (χ2v) is 8.17. The zero-order valence-electron chi connectivity index (χ0n) is 16.7. The van der Waals surface area contributed by atoms with Crippen LogP contribution in [0.4, 0.5) is 5.69 Å². The number of amides is 1. The lowest BCUT2D eigenvalue weighted by atomic mass is 10.2. The van der Waals surface area contributed by atoms with Crippen molar-refractivity contribution in [1.82, 2.24) is 19.7 Å². The third-order valence-corrected chi connectivity index (χ3v) is 5.73. The van der Waals surface area contributed by atoms with Gasteiger partial charge >= 0.3 is 0 Å². The summed E-state index contributed by atoms with van der Waals surface area (Å²) in [7, 11) is 0. The summed E-state index contributed by atoms with van der Waals surface area (Å²) in [4.78, 5) is 16.2. The normalized spacial score (nSPS) is 11.9. The molecule has 3 rings (SSSR count). The average molecular weight is 466 g/mol. The summed E-state index contributed by atoms with van der Waals surface area (Å²) in [5, 5.41) is 12.8. The maximum absolute atomic E-state index is 12.3. The topological polar surface area (TPSA) is 81.9 Å². The molecule has 1 atom stereocenters. The highest BCUT2D eigenvalue weighted by Gasteiger charge is 2.20. The number of carbonyl (C=O) groups excluding carboxylic acids is 1. The molecule has 0 radical (unpaired) electrons. The molecular weight excluding hydrogens is 445 g/mol. The molecule has 0 bridgehead atoms. The Morgan fingerprint density at radius 3 is 2.80 bits per heavy atom. The predicted molar refractivity (Wildman–Crippen MR) is 120 cm³/mol. The first-order chi connectivity index (χ1) is 14.4. The third kappa shape index (κ3) is 5.44. The van der Waals surface area contributed by atoms with Crippen molar-refractivity contribution in [2.75, 3.05) is 11.1 Å². The van der Waals surface area contributed by atoms with Gasteiger partial charge in [0.2, 0.25) is 5.91 Å². The van der Waals surface area contributed by atoms with Crippen LogP contribution in [-0.4, -0.2) is 31.4 Å². The van der Waals surface area contributed by atoms with Crippen molar-refractivity contribution >= 4 is 46.6 Å². The molecule has 0 aliphatic carbocycles. The molecule has 0 aliphatic heterocycles. The first-order valence-corrected chi connectivity index (χ1v) is 11.0. The van der Waals surface area contributed by atoms with E-state index in [-0.39, 0.29) is 22.9 Å². The second kappa shape index (κ2) is 10.1. The van der Waals surface area contributed by atoms with Gasteiger partial charge in [-0.25, -0.2) is 4.98 Å². The molecule has 7 nitrogen and oxygen atoms in total. The lowest BCUT2D eigenvalue weighted by molar-refractivity contribution is -0.113. The molecule has 1 unspecified atom stereocenters. The lowest BCUT2D eigenvalue weighted by Crippen LogP contribution is -2.16. The van der Waals surface area contributed by atoms with Gasteiger partial charge in [-0.3, -0.25) is 4.79 Å². The monoisotopic (exact) mass is 465 g/mol. The summed E-state index contributed by atoms with van der Waals surface area (Å²) >= 11 is 13.3. The van der Waals surface area contributed by atoms with Crippen LogP contribution in [0.25, 0.3) is 0 Å². The van der Waals surface area contributed by atoms with Gasteiger partial charge < -0.3 is 14.6 Å². The lowest BCUT2D eigenvalue weighted by Gasteiger charge is -2.17. The number of aryl methyl sites for hydroxylation is 1. The van der Waals surface area contributed by atoms with Crippen LogP contribution < -0.4 is 10.1 Å². The minimum Gasteiger partial charge on any atom is -0.482 e. The SMILES string of the molecule is CCn1c(SCC(=O)Nc2cccnc2Cl)nnc1C(C)Oc1ccc(Cl)cc1C. The van der Waals surface area contributed by atoms with E-state index < -0.39 is 0 Å². The van der Waals surface area contributed by atoms with Gasteiger partial charge in [-0.1, -0.05) is 35.0 Å². The van der Waals surface area contributed by atoms with Crippen molar-refractivity contribution in [3.05, 3.63) is 58.1 Å². The van der Waals surface area contributed by atoms with Gasteiger partial charge in [-0.15, -0.1) is 10.2 Å². The van der Waals surface area contributed by atoms with Crippen molar-refractivity contribution in [2.45, 2.75) is 38.6 Å². The maximum Gasteiger partial charge on any atom is 0.234 e. The van der Waals surface area contributed by atoms with Gasteiger partial charge in [0.1, 0.15) is 5.75 Å². The number of ether oxygens (including phenoxy) is 1. The molecule has 2 heterocycles. The summed E-state index contributed by atoms with van der Waals surface area (Å²) in [5.74, 6) is 1.38. The third-order valence-electron chi connectivity index (χ3n) is 4.23. The Kier molecular flexibility index (Phi) is 7.58. The highest BCUT2D eigenvalue weighted by atomic mass is 35.5. The van der Waals surface area contributed by atoms with E-state index in [1.165, 1.54) is 11.8 Å². The molecule has 0 fully saturated rings. The summed E-state index contributed by atoms with van der Waals surface area (Å²) in [6.07, 6.45) is 1.24. The van der Waals surface area contributed by atoms with Crippen LogP contribution in [0, 0.1) is 6.92 Å². The molecule has 30 heavy (non-hydrogen) atoms. The van der Waals surface area contributed by atoms with Crippen LogP contribution in [0.5, 0.6) is 5.75 Å². The van der Waals surface area contributed by atoms with Crippen molar-refractivity contribution in [1.29, 1.82) is 0 Å². The largest absolute Gasteiger partial charge is 0.482 e. The Morgan fingerprint density at radius 2 is 2.10 bits per heavy atom. The van der Waals surface area contributed by atoms with E-state index >= 15 is 0 Å². The molecule has 10 heteroatoms. The fraction of sp³-hybridized carbons (Fsp3) is 0.300. The Labute approximate surface area is 189 Å². The molecule has 2 aromatic heterocycles. The fourth-order valence-corrected chi connectivity index (χ4v) is 3.99. The molecule has 1 aromatic carbocycles. The summed E-state index contributed by atoms with van der Waals surface area (Å²) < 4.78 is 8.00. The molecule has 0 aliphatic rings. The number of aromatic nitrogens is 4. The van der Waals surface area contributed by atoms with Gasteiger partial charge in [0, 0.05) is 17.8 Å². The number of thioether (sulfide) groups is 1. The number of benzene rings is 1. The van der Waals surface area contributed by atoms with Gasteiger partial charge in [-0.05, 0) is 56.7 Å². The van der Waals surface area contributed by atoms with Gasteiger partial charge in [0.25, 0.3) is 0 Å². The number of halogens is 2. The zero-order valence-corrected chi connectivity index (χ0v) is 19.1. The van der Waals surface area contributed by atoms with Crippen molar-refractivity contribution in [2.24, 2.45) is 0 Å². The van der Waals surface area contributed by atoms with Crippen LogP contribution in [-0.2, 0) is 11.3 Å². The van der Waals surface area contributed by atoms with E-state index in [2.05, 4.69) is 20.5 Å². The Hall–Kier alpha value is -2.29. The fourth-order valence-electron chi connectivity index (χ4n) is 2.79. The van der Waals surface area contributed by atoms with E-state index in [9.17, 15) is 4.79 Å². The van der Waals surface area contributed by atoms with E-state index in [1.807, 2.05) is 37.5 Å². The smallest absolute Gasteiger partial charge is 0.234 e. The molecule has 3 aromatic rings. The highest BCUT2D eigenvalue weighted by Crippen LogP contribution is 2.28. The average Bonchev–Trinajstić information content (AvgIpc) is 3.13. The number of nitrogens with one attached hydrogen (secondary N) is 1. The molecular formula is C20H21Cl2N5O2S. The Morgan fingerprint density at radius 1 is 1.30 bits per heavy atom. The molecule has 1 amide bonds. The Bertz CT molecular complexity index is 1040. The van der Waals surface area contributed by atoms with Crippen LogP contribution in [0.1, 0.15) is 31.3 Å². The van der Waals surface area contributed by atoms with Crippen LogP contribution in [0.3, 0.4) is 0 Å². The number of hydrogen-bond acceptors (Lipinski definition) is 6. The molecule has 0 saturated carbocycles. The van der Waals surface area contributed by atoms with Gasteiger partial charge in [0.05, 0.1) is 11.4 Å². The maximum atomic E-state index is 12.3. The number of carbonyl (C=O) groups is 1. The molecule has 158 valence electrons. The van der Waals surface area contributed by atoms with Crippen molar-refractivity contribution in [3.8, 4) is 5.75 Å². The van der Waals surface area contributed by atoms with Crippen LogP contribution >= 0.6 is 35.0 Å². The van der Waals surface area contributed by atoms with E-state index in [4.69, 9.17) is 27.9 Å². The van der Waals surface area contributed by atoms with Crippen LogP contribution in [0.15, 0.2) is 41.7 Å².